The van der Waals surface area contributed by atoms with Gasteiger partial charge in [-0.25, -0.2) is 0 Å². The minimum absolute atomic E-state index is 0.289. The van der Waals surface area contributed by atoms with Gasteiger partial charge in [0.25, 0.3) is 0 Å². The number of nitrogens with zero attached hydrogens (tertiary/aromatic N) is 3. The second kappa shape index (κ2) is 11.4. The van der Waals surface area contributed by atoms with Crippen molar-refractivity contribution in [2.24, 2.45) is 18.0 Å². The van der Waals surface area contributed by atoms with Crippen molar-refractivity contribution in [1.82, 2.24) is 20.4 Å². The molecule has 0 aromatic carbocycles. The lowest BCUT2D eigenvalue weighted by atomic mass is 9.98. The van der Waals surface area contributed by atoms with Crippen molar-refractivity contribution in [3.63, 3.8) is 0 Å². The molecule has 0 bridgehead atoms. The zero-order valence-electron chi connectivity index (χ0n) is 18.8. The quantitative estimate of drug-likeness (QED) is 0.473. The summed E-state index contributed by atoms with van der Waals surface area (Å²) in [5, 5.41) is 11.5. The smallest absolute Gasteiger partial charge is 0.191 e. The molecule has 2 N–H and O–H groups in total. The number of nitrogens with one attached hydrogen (secondary N) is 2. The van der Waals surface area contributed by atoms with Gasteiger partial charge >= 0.3 is 0 Å². The number of guanidine groups is 1. The van der Waals surface area contributed by atoms with Crippen LogP contribution in [0.5, 0.6) is 0 Å². The summed E-state index contributed by atoms with van der Waals surface area (Å²) in [5.41, 5.74) is 3.69. The lowest BCUT2D eigenvalue weighted by Crippen LogP contribution is -2.43. The second-order valence-electron chi connectivity index (χ2n) is 8.11. The highest BCUT2D eigenvalue weighted by molar-refractivity contribution is 5.80. The van der Waals surface area contributed by atoms with E-state index in [1.54, 1.807) is 0 Å². The Bertz CT molecular complexity index is 619. The van der Waals surface area contributed by atoms with Gasteiger partial charge in [-0.2, -0.15) is 5.10 Å². The van der Waals surface area contributed by atoms with Gasteiger partial charge in [-0.3, -0.25) is 9.67 Å². The molecule has 0 radical (unpaired) electrons. The van der Waals surface area contributed by atoms with Gasteiger partial charge in [-0.1, -0.05) is 12.8 Å². The highest BCUT2D eigenvalue weighted by Crippen LogP contribution is 2.30. The Morgan fingerprint density at radius 3 is 2.57 bits per heavy atom. The second-order valence-corrected chi connectivity index (χ2v) is 8.11. The molecule has 1 aromatic rings. The number of aromatic nitrogens is 2. The van der Waals surface area contributed by atoms with Crippen LogP contribution in [0, 0.1) is 19.8 Å². The standard InChI is InChI=1S/C22H41N5O/c1-7-23-22(24-14-13-21(28-8-2)19-11-9-10-12-19)25-16(3)15-20-17(4)26-27(6)18(20)5/h16,19,21H,7-15H2,1-6H3,(H2,23,24,25). The molecular formula is C22H41N5O. The van der Waals surface area contributed by atoms with E-state index in [1.165, 1.54) is 36.9 Å². The molecule has 28 heavy (non-hydrogen) atoms. The van der Waals surface area contributed by atoms with Crippen LogP contribution in [-0.2, 0) is 18.2 Å². The molecule has 2 rings (SSSR count). The van der Waals surface area contributed by atoms with Crippen LogP contribution in [0.25, 0.3) is 0 Å². The lowest BCUT2D eigenvalue weighted by molar-refractivity contribution is 0.0177. The van der Waals surface area contributed by atoms with Crippen LogP contribution in [0.4, 0.5) is 0 Å². The number of aliphatic imine (C=N–C) groups is 1. The predicted octanol–water partition coefficient (Wildman–Crippen LogP) is 3.51. The van der Waals surface area contributed by atoms with Gasteiger partial charge in [0.1, 0.15) is 0 Å². The minimum Gasteiger partial charge on any atom is -0.378 e. The van der Waals surface area contributed by atoms with E-state index < -0.39 is 0 Å². The molecule has 0 saturated heterocycles. The Labute approximate surface area is 171 Å². The Kier molecular flexibility index (Phi) is 9.29. The third kappa shape index (κ3) is 6.50. The van der Waals surface area contributed by atoms with Crippen LogP contribution in [0.3, 0.4) is 0 Å². The molecule has 6 heteroatoms. The van der Waals surface area contributed by atoms with Crippen molar-refractivity contribution in [2.45, 2.75) is 85.3 Å². The summed E-state index contributed by atoms with van der Waals surface area (Å²) in [6, 6.07) is 0.289. The van der Waals surface area contributed by atoms with Crippen LogP contribution in [0.2, 0.25) is 0 Å². The Hall–Kier alpha value is -1.56. The van der Waals surface area contributed by atoms with Gasteiger partial charge in [0.2, 0.25) is 0 Å². The van der Waals surface area contributed by atoms with Gasteiger partial charge in [-0.15, -0.1) is 0 Å². The predicted molar refractivity (Wildman–Crippen MR) is 117 cm³/mol. The summed E-state index contributed by atoms with van der Waals surface area (Å²) in [4.78, 5) is 4.83. The SMILES string of the molecule is CCNC(=NCCC(OCC)C1CCCC1)NC(C)Cc1c(C)nn(C)c1C. The molecule has 1 aliphatic carbocycles. The lowest BCUT2D eigenvalue weighted by Gasteiger charge is -2.23. The van der Waals surface area contributed by atoms with Crippen molar-refractivity contribution >= 4 is 5.96 Å². The summed E-state index contributed by atoms with van der Waals surface area (Å²) in [6.07, 6.45) is 7.64. The molecule has 1 fully saturated rings. The maximum Gasteiger partial charge on any atom is 0.191 e. The first-order chi connectivity index (χ1) is 13.5. The molecule has 2 unspecified atom stereocenters. The van der Waals surface area contributed by atoms with Crippen LogP contribution in [-0.4, -0.2) is 47.6 Å². The molecule has 0 aliphatic heterocycles. The van der Waals surface area contributed by atoms with E-state index in [4.69, 9.17) is 9.73 Å². The normalized spacial score (nSPS) is 17.7. The fraction of sp³-hybridized carbons (Fsp3) is 0.818. The van der Waals surface area contributed by atoms with Crippen LogP contribution in [0.1, 0.15) is 69.8 Å². The fourth-order valence-electron chi connectivity index (χ4n) is 4.33. The van der Waals surface area contributed by atoms with Crippen molar-refractivity contribution in [3.8, 4) is 0 Å². The van der Waals surface area contributed by atoms with Crippen LogP contribution in [0.15, 0.2) is 4.99 Å². The highest BCUT2D eigenvalue weighted by atomic mass is 16.5. The molecule has 0 spiro atoms. The maximum absolute atomic E-state index is 6.04. The topological polar surface area (TPSA) is 63.5 Å². The first kappa shape index (κ1) is 22.7. The van der Waals surface area contributed by atoms with E-state index in [-0.39, 0.29) is 6.04 Å². The van der Waals surface area contributed by atoms with Crippen molar-refractivity contribution in [3.05, 3.63) is 17.0 Å². The number of hydrogen-bond acceptors (Lipinski definition) is 3. The molecule has 1 saturated carbocycles. The Morgan fingerprint density at radius 2 is 2.00 bits per heavy atom. The largest absolute Gasteiger partial charge is 0.378 e. The zero-order valence-corrected chi connectivity index (χ0v) is 18.8. The van der Waals surface area contributed by atoms with Crippen molar-refractivity contribution < 1.29 is 4.74 Å². The molecule has 1 aromatic heterocycles. The van der Waals surface area contributed by atoms with Crippen LogP contribution < -0.4 is 10.6 Å². The van der Waals surface area contributed by atoms with E-state index >= 15 is 0 Å². The Balaban J connectivity index is 1.91. The molecule has 160 valence electrons. The number of hydrogen-bond donors (Lipinski definition) is 2. The van der Waals surface area contributed by atoms with Crippen LogP contribution >= 0.6 is 0 Å². The highest BCUT2D eigenvalue weighted by Gasteiger charge is 2.25. The first-order valence-electron chi connectivity index (χ1n) is 11.1. The maximum atomic E-state index is 6.04. The summed E-state index contributed by atoms with van der Waals surface area (Å²) in [5.74, 6) is 1.62. The van der Waals surface area contributed by atoms with E-state index in [0.29, 0.717) is 6.10 Å². The molecule has 0 amide bonds. The molecular weight excluding hydrogens is 350 g/mol. The summed E-state index contributed by atoms with van der Waals surface area (Å²) >= 11 is 0. The molecule has 2 atom stereocenters. The number of ether oxygens (including phenoxy) is 1. The summed E-state index contributed by atoms with van der Waals surface area (Å²) in [6.45, 7) is 13.1. The van der Waals surface area contributed by atoms with E-state index in [0.717, 1.165) is 50.1 Å². The van der Waals surface area contributed by atoms with Gasteiger partial charge < -0.3 is 15.4 Å². The molecule has 1 aliphatic rings. The van der Waals surface area contributed by atoms with E-state index in [1.807, 2.05) is 11.7 Å². The van der Waals surface area contributed by atoms with Gasteiger partial charge in [-0.05, 0) is 71.8 Å². The van der Waals surface area contributed by atoms with Gasteiger partial charge in [0.15, 0.2) is 5.96 Å². The van der Waals surface area contributed by atoms with Crippen molar-refractivity contribution in [2.75, 3.05) is 19.7 Å². The van der Waals surface area contributed by atoms with E-state index in [9.17, 15) is 0 Å². The average Bonchev–Trinajstić information content (AvgIpc) is 3.26. The zero-order chi connectivity index (χ0) is 20.5. The summed E-state index contributed by atoms with van der Waals surface area (Å²) in [7, 11) is 2.01. The fourth-order valence-corrected chi connectivity index (χ4v) is 4.33. The molecule has 1 heterocycles. The summed E-state index contributed by atoms with van der Waals surface area (Å²) < 4.78 is 8.00. The first-order valence-corrected chi connectivity index (χ1v) is 11.1. The number of aryl methyl sites for hydroxylation is 2. The Morgan fingerprint density at radius 1 is 1.29 bits per heavy atom. The average molecular weight is 392 g/mol. The van der Waals surface area contributed by atoms with E-state index in [2.05, 4.69) is 50.4 Å². The van der Waals surface area contributed by atoms with Gasteiger partial charge in [0, 0.05) is 38.5 Å². The molecule has 6 nitrogen and oxygen atoms in total. The third-order valence-corrected chi connectivity index (χ3v) is 5.89. The third-order valence-electron chi connectivity index (χ3n) is 5.89. The van der Waals surface area contributed by atoms with Gasteiger partial charge in [0.05, 0.1) is 11.8 Å². The minimum atomic E-state index is 0.289. The monoisotopic (exact) mass is 391 g/mol. The number of rotatable bonds is 10. The van der Waals surface area contributed by atoms with Crippen molar-refractivity contribution in [1.29, 1.82) is 0 Å².